The van der Waals surface area contributed by atoms with Crippen molar-refractivity contribution in [1.82, 2.24) is 0 Å². The minimum Gasteiger partial charge on any atom is -0.736 e. The first-order valence-electron chi connectivity index (χ1n) is 7.78. The molecule has 0 N–H and O–H groups in total. The van der Waals surface area contributed by atoms with Crippen molar-refractivity contribution in [3.63, 3.8) is 0 Å². The van der Waals surface area contributed by atoms with Crippen LogP contribution in [0.3, 0.4) is 0 Å². The van der Waals surface area contributed by atoms with E-state index in [0.29, 0.717) is 10.8 Å². The normalized spacial score (nSPS) is 11.1. The van der Waals surface area contributed by atoms with Crippen LogP contribution in [-0.2, 0) is 4.57 Å². The maximum absolute atomic E-state index is 12.4. The first-order valence-corrected chi connectivity index (χ1v) is 9.24. The van der Waals surface area contributed by atoms with E-state index in [1.807, 2.05) is 60.7 Å². The summed E-state index contributed by atoms with van der Waals surface area (Å²) in [6.07, 6.45) is 0. The fourth-order valence-electron chi connectivity index (χ4n) is 2.81. The Bertz CT molecular complexity index is 1020. The maximum Gasteiger partial charge on any atom is 1.00 e. The van der Waals surface area contributed by atoms with Crippen LogP contribution in [0.25, 0.3) is 21.5 Å². The van der Waals surface area contributed by atoms with E-state index >= 15 is 0 Å². The zero-order chi connectivity index (χ0) is 17.3. The number of fused-ring (bicyclic) bond motifs is 2. The molecule has 0 amide bonds. The number of benzene rings is 4. The number of rotatable bonds is 4. The van der Waals surface area contributed by atoms with E-state index in [9.17, 15) is 9.46 Å². The van der Waals surface area contributed by atoms with E-state index in [-0.39, 0.29) is 62.9 Å². The van der Waals surface area contributed by atoms with Crippen molar-refractivity contribution in [2.24, 2.45) is 0 Å². The molecule has 0 spiro atoms. The molecular formula is C20H14KO4P. The Kier molecular flexibility index (Phi) is 6.20. The smallest absolute Gasteiger partial charge is 0.736 e. The molecule has 0 aliphatic carbocycles. The SMILES string of the molecule is O=P([O-])(Oc1cccc2ccccc12)Oc1cccc2ccccc12.[K+]. The van der Waals surface area contributed by atoms with Crippen molar-refractivity contribution in [2.45, 2.75) is 0 Å². The molecule has 124 valence electrons. The zero-order valence-electron chi connectivity index (χ0n) is 14.2. The van der Waals surface area contributed by atoms with E-state index in [1.54, 1.807) is 24.3 Å². The molecule has 0 radical (unpaired) electrons. The number of phosphoric acid groups is 1. The number of phosphoric ester groups is 1. The van der Waals surface area contributed by atoms with E-state index in [0.717, 1.165) is 10.8 Å². The summed E-state index contributed by atoms with van der Waals surface area (Å²) in [5.74, 6) is 0.494. The second-order valence-electron chi connectivity index (χ2n) is 5.58. The van der Waals surface area contributed by atoms with Gasteiger partial charge in [0, 0.05) is 10.8 Å². The second kappa shape index (κ2) is 8.24. The molecular weight excluding hydrogens is 374 g/mol. The molecule has 4 rings (SSSR count). The minimum absolute atomic E-state index is 0. The summed E-state index contributed by atoms with van der Waals surface area (Å²) < 4.78 is 22.9. The van der Waals surface area contributed by atoms with Gasteiger partial charge >= 0.3 is 59.2 Å². The van der Waals surface area contributed by atoms with Gasteiger partial charge in [-0.2, -0.15) is 0 Å². The molecule has 0 aliphatic heterocycles. The number of hydrogen-bond acceptors (Lipinski definition) is 4. The predicted octanol–water partition coefficient (Wildman–Crippen LogP) is 1.92. The van der Waals surface area contributed by atoms with Crippen LogP contribution < -0.4 is 65.3 Å². The Morgan fingerprint density at radius 3 is 1.46 bits per heavy atom. The Balaban J connectivity index is 0.00000196. The van der Waals surface area contributed by atoms with Crippen LogP contribution in [0.4, 0.5) is 0 Å². The van der Waals surface area contributed by atoms with Crippen LogP contribution in [0.1, 0.15) is 0 Å². The molecule has 0 unspecified atom stereocenters. The molecule has 0 heterocycles. The maximum atomic E-state index is 12.4. The van der Waals surface area contributed by atoms with E-state index in [4.69, 9.17) is 9.05 Å². The van der Waals surface area contributed by atoms with Gasteiger partial charge in [0.05, 0.1) is 0 Å². The summed E-state index contributed by atoms with van der Waals surface area (Å²) in [7, 11) is -4.60. The van der Waals surface area contributed by atoms with Crippen LogP contribution >= 0.6 is 7.82 Å². The summed E-state index contributed by atoms with van der Waals surface area (Å²) in [6, 6.07) is 25.3. The largest absolute Gasteiger partial charge is 1.00 e. The first-order chi connectivity index (χ1) is 12.1. The fraction of sp³-hybridized carbons (Fsp3) is 0. The third-order valence-corrected chi connectivity index (χ3v) is 4.76. The average Bonchev–Trinajstić information content (AvgIpc) is 2.62. The molecule has 26 heavy (non-hydrogen) atoms. The molecule has 0 aromatic heterocycles. The molecule has 4 aromatic rings. The van der Waals surface area contributed by atoms with Crippen LogP contribution in [0, 0.1) is 0 Å². The quantitative estimate of drug-likeness (QED) is 0.396. The van der Waals surface area contributed by atoms with Crippen LogP contribution in [0.15, 0.2) is 84.9 Å². The van der Waals surface area contributed by atoms with Crippen molar-refractivity contribution in [3.05, 3.63) is 84.9 Å². The molecule has 0 bridgehead atoms. The summed E-state index contributed by atoms with van der Waals surface area (Å²) >= 11 is 0. The van der Waals surface area contributed by atoms with Gasteiger partial charge in [0.2, 0.25) is 0 Å². The van der Waals surface area contributed by atoms with E-state index in [1.165, 1.54) is 0 Å². The van der Waals surface area contributed by atoms with E-state index < -0.39 is 7.82 Å². The van der Waals surface area contributed by atoms with Crippen molar-refractivity contribution >= 4 is 29.4 Å². The second-order valence-corrected chi connectivity index (χ2v) is 6.84. The predicted molar refractivity (Wildman–Crippen MR) is 96.8 cm³/mol. The average molecular weight is 388 g/mol. The number of hydrogen-bond donors (Lipinski definition) is 0. The van der Waals surface area contributed by atoms with Crippen molar-refractivity contribution < 1.29 is 69.9 Å². The Morgan fingerprint density at radius 1 is 0.615 bits per heavy atom. The van der Waals surface area contributed by atoms with Gasteiger partial charge in [-0.15, -0.1) is 0 Å². The van der Waals surface area contributed by atoms with Gasteiger partial charge in [0.25, 0.3) is 0 Å². The molecule has 0 saturated heterocycles. The van der Waals surface area contributed by atoms with Gasteiger partial charge in [0.15, 0.2) is 0 Å². The summed E-state index contributed by atoms with van der Waals surface area (Å²) in [4.78, 5) is 12.4. The summed E-state index contributed by atoms with van der Waals surface area (Å²) in [6.45, 7) is 0. The standard InChI is InChI=1S/C20H15O4P.K/c21-25(22,23-19-13-5-9-15-7-1-3-11-17(15)19)24-20-14-6-10-16-8-2-4-12-18(16)20;/h1-14H,(H,21,22);/q;+1/p-1. The molecule has 0 saturated carbocycles. The Labute approximate surface area is 193 Å². The van der Waals surface area contributed by atoms with Gasteiger partial charge < -0.3 is 13.9 Å². The third-order valence-electron chi connectivity index (χ3n) is 3.92. The minimum atomic E-state index is -4.60. The summed E-state index contributed by atoms with van der Waals surface area (Å²) in [5.41, 5.74) is 0. The molecule has 6 heteroatoms. The third kappa shape index (κ3) is 4.21. The Morgan fingerprint density at radius 2 is 1.00 bits per heavy atom. The van der Waals surface area contributed by atoms with Gasteiger partial charge in [-0.1, -0.05) is 72.8 Å². The van der Waals surface area contributed by atoms with Crippen LogP contribution in [0.5, 0.6) is 11.5 Å². The monoisotopic (exact) mass is 388 g/mol. The van der Waals surface area contributed by atoms with Gasteiger partial charge in [-0.25, -0.2) is 4.57 Å². The Hall–Kier alpha value is -1.17. The molecule has 0 aliphatic rings. The van der Waals surface area contributed by atoms with Crippen LogP contribution in [0.2, 0.25) is 0 Å². The van der Waals surface area contributed by atoms with Crippen molar-refractivity contribution in [1.29, 1.82) is 0 Å². The molecule has 0 atom stereocenters. The topological polar surface area (TPSA) is 58.6 Å². The van der Waals surface area contributed by atoms with Gasteiger partial charge in [0.1, 0.15) is 11.5 Å². The van der Waals surface area contributed by atoms with Gasteiger partial charge in [-0.3, -0.25) is 0 Å². The molecule has 4 aromatic carbocycles. The molecule has 0 fully saturated rings. The van der Waals surface area contributed by atoms with E-state index in [2.05, 4.69) is 0 Å². The molecule has 4 nitrogen and oxygen atoms in total. The van der Waals surface area contributed by atoms with Gasteiger partial charge in [-0.05, 0) is 22.9 Å². The first kappa shape index (κ1) is 19.6. The summed E-state index contributed by atoms with van der Waals surface area (Å²) in [5, 5.41) is 3.21. The van der Waals surface area contributed by atoms with Crippen LogP contribution in [-0.4, -0.2) is 0 Å². The zero-order valence-corrected chi connectivity index (χ0v) is 18.2. The van der Waals surface area contributed by atoms with Crippen molar-refractivity contribution in [3.8, 4) is 11.5 Å². The van der Waals surface area contributed by atoms with Crippen molar-refractivity contribution in [2.75, 3.05) is 0 Å². The fourth-order valence-corrected chi connectivity index (χ4v) is 3.65.